The third-order valence-electron chi connectivity index (χ3n) is 5.70. The number of hydrogen-bond acceptors (Lipinski definition) is 6. The second-order valence-electron chi connectivity index (χ2n) is 7.99. The van der Waals surface area contributed by atoms with E-state index in [1.165, 1.54) is 0 Å². The molecule has 7 nitrogen and oxygen atoms in total. The number of ether oxygens (including phenoxy) is 2. The number of benzene rings is 1. The fourth-order valence-corrected chi connectivity index (χ4v) is 4.11. The average Bonchev–Trinajstić information content (AvgIpc) is 2.84. The monoisotopic (exact) mass is 444 g/mol. The molecule has 1 N–H and O–H groups in total. The summed E-state index contributed by atoms with van der Waals surface area (Å²) in [7, 11) is 0. The van der Waals surface area contributed by atoms with Gasteiger partial charge in [0.15, 0.2) is 17.3 Å². The number of likely N-dealkylation sites (tertiary alicyclic amines) is 1. The Balaban J connectivity index is 1.41. The number of aromatic amines is 1. The predicted molar refractivity (Wildman–Crippen MR) is 127 cm³/mol. The van der Waals surface area contributed by atoms with Crippen LogP contribution in [0.1, 0.15) is 36.9 Å². The number of terminal acetylenes is 1. The van der Waals surface area contributed by atoms with E-state index in [0.717, 1.165) is 49.5 Å². The molecule has 0 unspecified atom stereocenters. The highest BCUT2D eigenvalue weighted by Crippen LogP contribution is 2.31. The molecule has 0 amide bonds. The van der Waals surface area contributed by atoms with Crippen LogP contribution in [-0.2, 0) is 6.54 Å². The standard InChI is InChI=1S/C26H28N4O3/c1-3-15-33-23-9-8-19(16-24(23)32-4-2)18-30-13-10-20(11-14-30)22-17-25(31)29-26(28-22)21-7-5-6-12-27-21/h1,5-9,12,16-17,20H,4,10-11,13-15,18H2,2H3,(H,28,29,31). The lowest BCUT2D eigenvalue weighted by Gasteiger charge is -2.31. The van der Waals surface area contributed by atoms with Crippen molar-refractivity contribution < 1.29 is 9.47 Å². The molecule has 0 spiro atoms. The molecule has 1 aromatic carbocycles. The maximum atomic E-state index is 12.2. The van der Waals surface area contributed by atoms with Crippen LogP contribution < -0.4 is 15.0 Å². The van der Waals surface area contributed by atoms with Gasteiger partial charge in [-0.2, -0.15) is 0 Å². The number of aromatic nitrogens is 3. The van der Waals surface area contributed by atoms with E-state index in [2.05, 4.69) is 26.9 Å². The van der Waals surface area contributed by atoms with Gasteiger partial charge in [-0.25, -0.2) is 4.98 Å². The van der Waals surface area contributed by atoms with Crippen LogP contribution in [-0.4, -0.2) is 46.2 Å². The maximum absolute atomic E-state index is 12.2. The highest BCUT2D eigenvalue weighted by Gasteiger charge is 2.23. The van der Waals surface area contributed by atoms with Crippen molar-refractivity contribution in [1.29, 1.82) is 0 Å². The highest BCUT2D eigenvalue weighted by atomic mass is 16.5. The van der Waals surface area contributed by atoms with E-state index in [1.54, 1.807) is 12.3 Å². The van der Waals surface area contributed by atoms with E-state index in [0.29, 0.717) is 23.9 Å². The van der Waals surface area contributed by atoms with E-state index >= 15 is 0 Å². The third-order valence-corrected chi connectivity index (χ3v) is 5.70. The molecule has 0 atom stereocenters. The van der Waals surface area contributed by atoms with E-state index in [9.17, 15) is 4.79 Å². The summed E-state index contributed by atoms with van der Waals surface area (Å²) < 4.78 is 11.3. The molecule has 0 radical (unpaired) electrons. The molecule has 4 rings (SSSR count). The van der Waals surface area contributed by atoms with Crippen LogP contribution in [0.3, 0.4) is 0 Å². The van der Waals surface area contributed by atoms with Crippen LogP contribution in [0.5, 0.6) is 11.5 Å². The van der Waals surface area contributed by atoms with Gasteiger partial charge >= 0.3 is 0 Å². The normalized spacial score (nSPS) is 14.5. The quantitative estimate of drug-likeness (QED) is 0.535. The first-order chi connectivity index (χ1) is 16.2. The van der Waals surface area contributed by atoms with Crippen molar-refractivity contribution in [2.24, 2.45) is 0 Å². The summed E-state index contributed by atoms with van der Waals surface area (Å²) in [5.41, 5.74) is 2.54. The molecule has 1 aliphatic heterocycles. The van der Waals surface area contributed by atoms with Crippen molar-refractivity contribution in [2.45, 2.75) is 32.2 Å². The lowest BCUT2D eigenvalue weighted by Crippen LogP contribution is -2.33. The molecule has 33 heavy (non-hydrogen) atoms. The summed E-state index contributed by atoms with van der Waals surface area (Å²) in [5, 5.41) is 0. The van der Waals surface area contributed by atoms with Gasteiger partial charge in [0, 0.05) is 24.7 Å². The van der Waals surface area contributed by atoms with Crippen LogP contribution in [0.25, 0.3) is 11.5 Å². The van der Waals surface area contributed by atoms with Crippen LogP contribution in [0.15, 0.2) is 53.5 Å². The minimum atomic E-state index is -0.140. The first-order valence-electron chi connectivity index (χ1n) is 11.2. The number of piperidine rings is 1. The summed E-state index contributed by atoms with van der Waals surface area (Å²) in [5.74, 6) is 4.65. The number of nitrogens with one attached hydrogen (secondary N) is 1. The second kappa shape index (κ2) is 10.8. The zero-order valence-electron chi connectivity index (χ0n) is 18.8. The summed E-state index contributed by atoms with van der Waals surface area (Å²) in [4.78, 5) is 26.5. The van der Waals surface area contributed by atoms with Gasteiger partial charge in [0.1, 0.15) is 12.3 Å². The molecule has 1 saturated heterocycles. The van der Waals surface area contributed by atoms with Gasteiger partial charge in [-0.15, -0.1) is 6.42 Å². The number of hydrogen-bond donors (Lipinski definition) is 1. The molecule has 1 aliphatic rings. The molecule has 3 aromatic rings. The van der Waals surface area contributed by atoms with Gasteiger partial charge in [-0.05, 0) is 62.7 Å². The maximum Gasteiger partial charge on any atom is 0.251 e. The Morgan fingerprint density at radius 2 is 2.00 bits per heavy atom. The Morgan fingerprint density at radius 3 is 2.73 bits per heavy atom. The van der Waals surface area contributed by atoms with Crippen molar-refractivity contribution in [2.75, 3.05) is 26.3 Å². The van der Waals surface area contributed by atoms with Crippen LogP contribution in [0, 0.1) is 12.3 Å². The Bertz CT molecular complexity index is 1160. The zero-order valence-corrected chi connectivity index (χ0v) is 18.8. The molecule has 1 fully saturated rings. The number of H-pyrrole nitrogens is 1. The van der Waals surface area contributed by atoms with Crippen molar-refractivity contribution in [3.63, 3.8) is 0 Å². The van der Waals surface area contributed by atoms with Gasteiger partial charge < -0.3 is 14.5 Å². The van der Waals surface area contributed by atoms with Crippen LogP contribution >= 0.6 is 0 Å². The van der Waals surface area contributed by atoms with Crippen molar-refractivity contribution >= 4 is 0 Å². The minimum absolute atomic E-state index is 0.140. The van der Waals surface area contributed by atoms with Crippen LogP contribution in [0.4, 0.5) is 0 Å². The van der Waals surface area contributed by atoms with Gasteiger partial charge in [0.05, 0.1) is 12.3 Å². The van der Waals surface area contributed by atoms with Crippen molar-refractivity contribution in [1.82, 2.24) is 19.9 Å². The first-order valence-corrected chi connectivity index (χ1v) is 11.2. The molecule has 0 saturated carbocycles. The summed E-state index contributed by atoms with van der Waals surface area (Å²) in [6, 6.07) is 13.2. The van der Waals surface area contributed by atoms with Crippen LogP contribution in [0.2, 0.25) is 0 Å². The van der Waals surface area contributed by atoms with E-state index < -0.39 is 0 Å². The molecule has 2 aromatic heterocycles. The Labute approximate surface area is 193 Å². The smallest absolute Gasteiger partial charge is 0.251 e. The van der Waals surface area contributed by atoms with Gasteiger partial charge in [0.25, 0.3) is 5.56 Å². The fourth-order valence-electron chi connectivity index (χ4n) is 4.11. The lowest BCUT2D eigenvalue weighted by molar-refractivity contribution is 0.202. The number of pyridine rings is 1. The average molecular weight is 445 g/mol. The topological polar surface area (TPSA) is 80.3 Å². The molecule has 170 valence electrons. The zero-order chi connectivity index (χ0) is 23.0. The number of rotatable bonds is 8. The molecular formula is C26H28N4O3. The summed E-state index contributed by atoms with van der Waals surface area (Å²) >= 11 is 0. The molecule has 7 heteroatoms. The number of nitrogens with zero attached hydrogens (tertiary/aromatic N) is 3. The largest absolute Gasteiger partial charge is 0.490 e. The first kappa shape index (κ1) is 22.6. The third kappa shape index (κ3) is 5.79. The second-order valence-corrected chi connectivity index (χ2v) is 7.99. The van der Waals surface area contributed by atoms with Gasteiger partial charge in [-0.3, -0.25) is 14.7 Å². The molecule has 0 aliphatic carbocycles. The van der Waals surface area contributed by atoms with Gasteiger partial charge in [0.2, 0.25) is 0 Å². The minimum Gasteiger partial charge on any atom is -0.490 e. The predicted octanol–water partition coefficient (Wildman–Crippen LogP) is 3.62. The van der Waals surface area contributed by atoms with Crippen molar-refractivity contribution in [3.8, 4) is 35.4 Å². The molecular weight excluding hydrogens is 416 g/mol. The van der Waals surface area contributed by atoms with E-state index in [1.807, 2.05) is 37.3 Å². The fraction of sp³-hybridized carbons (Fsp3) is 0.346. The summed E-state index contributed by atoms with van der Waals surface area (Å²) in [6.45, 7) is 5.40. The summed E-state index contributed by atoms with van der Waals surface area (Å²) in [6.07, 6.45) is 8.89. The van der Waals surface area contributed by atoms with E-state index in [-0.39, 0.29) is 18.1 Å². The molecule has 3 heterocycles. The Hall–Kier alpha value is -3.63. The highest BCUT2D eigenvalue weighted by molar-refractivity contribution is 5.48. The lowest BCUT2D eigenvalue weighted by atomic mass is 9.93. The van der Waals surface area contributed by atoms with E-state index in [4.69, 9.17) is 20.9 Å². The SMILES string of the molecule is C#CCOc1ccc(CN2CCC(c3cc(=O)[nH]c(-c4ccccn4)n3)CC2)cc1OCC. The van der Waals surface area contributed by atoms with Gasteiger partial charge in [-0.1, -0.05) is 18.1 Å². The Kier molecular flexibility index (Phi) is 7.38. The van der Waals surface area contributed by atoms with Crippen molar-refractivity contribution in [3.05, 3.63) is 70.3 Å². The Morgan fingerprint density at radius 1 is 1.15 bits per heavy atom. The molecule has 0 bridgehead atoms.